The number of carbonyl (C=O) groups is 2. The predicted octanol–water partition coefficient (Wildman–Crippen LogP) is 16.5. The maximum absolute atomic E-state index is 12.1. The van der Waals surface area contributed by atoms with Crippen LogP contribution in [-0.4, -0.2) is 42.3 Å². The zero-order valence-corrected chi connectivity index (χ0v) is 40.1. The van der Waals surface area contributed by atoms with Crippen molar-refractivity contribution in [1.29, 1.82) is 0 Å². The van der Waals surface area contributed by atoms with E-state index < -0.39 is 5.97 Å². The van der Waals surface area contributed by atoms with Crippen molar-refractivity contribution in [1.82, 2.24) is 5.32 Å². The second-order valence-electron chi connectivity index (χ2n) is 18.8. The van der Waals surface area contributed by atoms with Crippen LogP contribution < -0.4 is 11.1 Å². The minimum absolute atomic E-state index is 0.0174. The van der Waals surface area contributed by atoms with Crippen molar-refractivity contribution in [3.63, 3.8) is 0 Å². The fourth-order valence-electron chi connectivity index (χ4n) is 8.67. The SMILES string of the molecule is CCCCCCCCCCCCCCCCCCOC(=O)CCCCCCCCCCCCCCCNC(CCCCCCCCCCCCCCCC(=O)O)C(C)N. The molecule has 0 aliphatic rings. The van der Waals surface area contributed by atoms with Gasteiger partial charge in [0.25, 0.3) is 0 Å². The van der Waals surface area contributed by atoms with Crippen molar-refractivity contribution in [2.45, 2.75) is 315 Å². The van der Waals surface area contributed by atoms with Crippen LogP contribution in [0.25, 0.3) is 0 Å². The average Bonchev–Trinajstić information content (AvgIpc) is 3.22. The van der Waals surface area contributed by atoms with Crippen LogP contribution in [0.5, 0.6) is 0 Å². The molecule has 2 atom stereocenters. The molecule has 0 rings (SSSR count). The first-order chi connectivity index (χ1) is 29.0. The molecule has 0 saturated heterocycles. The zero-order valence-electron chi connectivity index (χ0n) is 40.1. The summed E-state index contributed by atoms with van der Waals surface area (Å²) >= 11 is 0. The molecule has 2 unspecified atom stereocenters. The fraction of sp³-hybridized carbons (Fsp3) is 0.962. The van der Waals surface area contributed by atoms with E-state index in [2.05, 4.69) is 19.2 Å². The fourth-order valence-corrected chi connectivity index (χ4v) is 8.67. The van der Waals surface area contributed by atoms with E-state index >= 15 is 0 Å². The summed E-state index contributed by atoms with van der Waals surface area (Å²) in [6.07, 6.45) is 57.4. The zero-order chi connectivity index (χ0) is 43.0. The molecule has 0 aromatic rings. The van der Waals surface area contributed by atoms with Crippen LogP contribution in [0.1, 0.15) is 303 Å². The van der Waals surface area contributed by atoms with Gasteiger partial charge in [-0.1, -0.05) is 251 Å². The standard InChI is InChI=1S/C53H106N2O4/c1-3-4-5-6-7-8-9-10-11-12-19-24-29-34-39-44-49-59-53(58)47-42-37-32-27-22-17-14-18-23-28-33-38-43-48-55-51(50(2)54)45-40-35-30-25-20-15-13-16-21-26-31-36-41-46-52(56)57/h50-51,55H,3-49,54H2,1-2H3,(H,56,57). The Labute approximate surface area is 369 Å². The van der Waals surface area contributed by atoms with E-state index in [1.807, 2.05) is 0 Å². The molecule has 0 aliphatic heterocycles. The van der Waals surface area contributed by atoms with Gasteiger partial charge in [-0.3, -0.25) is 9.59 Å². The quantitative estimate of drug-likeness (QED) is 0.0417. The summed E-state index contributed by atoms with van der Waals surface area (Å²) in [4.78, 5) is 22.6. The van der Waals surface area contributed by atoms with Crippen molar-refractivity contribution >= 4 is 11.9 Å². The highest BCUT2D eigenvalue weighted by Crippen LogP contribution is 2.17. The summed E-state index contributed by atoms with van der Waals surface area (Å²) in [6.45, 7) is 6.18. The van der Waals surface area contributed by atoms with Gasteiger partial charge >= 0.3 is 11.9 Å². The van der Waals surface area contributed by atoms with E-state index in [0.29, 0.717) is 25.5 Å². The molecule has 4 N–H and O–H groups in total. The van der Waals surface area contributed by atoms with E-state index in [0.717, 1.165) is 38.6 Å². The lowest BCUT2D eigenvalue weighted by Gasteiger charge is -2.22. The minimum atomic E-state index is -0.661. The Balaban J connectivity index is 3.35. The maximum atomic E-state index is 12.1. The molecule has 0 saturated carbocycles. The molecule has 0 amide bonds. The summed E-state index contributed by atoms with van der Waals surface area (Å²) in [5, 5.41) is 12.5. The molecule has 59 heavy (non-hydrogen) atoms. The van der Waals surface area contributed by atoms with Crippen LogP contribution in [0.2, 0.25) is 0 Å². The minimum Gasteiger partial charge on any atom is -0.481 e. The first-order valence-electron chi connectivity index (χ1n) is 26.8. The van der Waals surface area contributed by atoms with E-state index in [1.165, 1.54) is 244 Å². The molecule has 6 heteroatoms. The van der Waals surface area contributed by atoms with Crippen LogP contribution in [0.4, 0.5) is 0 Å². The summed E-state index contributed by atoms with van der Waals surface area (Å²) in [5.41, 5.74) is 6.33. The van der Waals surface area contributed by atoms with Crippen molar-refractivity contribution in [2.75, 3.05) is 13.2 Å². The van der Waals surface area contributed by atoms with Crippen LogP contribution in [0.3, 0.4) is 0 Å². The van der Waals surface area contributed by atoms with E-state index in [1.54, 1.807) is 0 Å². The number of esters is 1. The van der Waals surface area contributed by atoms with Crippen LogP contribution in [0.15, 0.2) is 0 Å². The summed E-state index contributed by atoms with van der Waals surface area (Å²) in [7, 11) is 0. The topological polar surface area (TPSA) is 102 Å². The van der Waals surface area contributed by atoms with Crippen molar-refractivity contribution < 1.29 is 19.4 Å². The number of unbranched alkanes of at least 4 members (excludes halogenated alkanes) is 39. The van der Waals surface area contributed by atoms with Gasteiger partial charge < -0.3 is 20.9 Å². The molecule has 0 aromatic carbocycles. The number of ether oxygens (including phenoxy) is 1. The van der Waals surface area contributed by atoms with Crippen molar-refractivity contribution in [2.24, 2.45) is 5.73 Å². The van der Waals surface area contributed by atoms with Gasteiger partial charge in [0, 0.05) is 24.9 Å². The molecule has 0 bridgehead atoms. The largest absolute Gasteiger partial charge is 0.481 e. The smallest absolute Gasteiger partial charge is 0.305 e. The van der Waals surface area contributed by atoms with E-state index in [9.17, 15) is 9.59 Å². The normalized spacial score (nSPS) is 12.6. The van der Waals surface area contributed by atoms with Gasteiger partial charge in [0.15, 0.2) is 0 Å². The van der Waals surface area contributed by atoms with Gasteiger partial charge in [-0.15, -0.1) is 0 Å². The lowest BCUT2D eigenvalue weighted by Crippen LogP contribution is -2.43. The highest BCUT2D eigenvalue weighted by atomic mass is 16.5. The first-order valence-corrected chi connectivity index (χ1v) is 26.8. The Morgan fingerprint density at radius 3 is 1.10 bits per heavy atom. The van der Waals surface area contributed by atoms with Crippen LogP contribution in [-0.2, 0) is 14.3 Å². The van der Waals surface area contributed by atoms with Gasteiger partial charge in [-0.2, -0.15) is 0 Å². The molecule has 352 valence electrons. The Morgan fingerprint density at radius 1 is 0.441 bits per heavy atom. The third-order valence-electron chi connectivity index (χ3n) is 12.8. The number of rotatable bonds is 51. The number of carboxylic acid groups (broad SMARTS) is 1. The van der Waals surface area contributed by atoms with Gasteiger partial charge in [0.05, 0.1) is 6.61 Å². The number of carboxylic acids is 1. The summed E-state index contributed by atoms with van der Waals surface area (Å²) in [5.74, 6) is -0.643. The summed E-state index contributed by atoms with van der Waals surface area (Å²) < 4.78 is 5.49. The lowest BCUT2D eigenvalue weighted by molar-refractivity contribution is -0.144. The van der Waals surface area contributed by atoms with Crippen LogP contribution >= 0.6 is 0 Å². The molecule has 6 nitrogen and oxygen atoms in total. The molecule has 0 aliphatic carbocycles. The molecule has 0 aromatic heterocycles. The molecular formula is C53H106N2O4. The van der Waals surface area contributed by atoms with Gasteiger partial charge in [-0.25, -0.2) is 0 Å². The van der Waals surface area contributed by atoms with Crippen molar-refractivity contribution in [3.8, 4) is 0 Å². The first kappa shape index (κ1) is 57.9. The second kappa shape index (κ2) is 49.5. The molecule has 0 radical (unpaired) electrons. The monoisotopic (exact) mass is 835 g/mol. The third-order valence-corrected chi connectivity index (χ3v) is 12.8. The summed E-state index contributed by atoms with van der Waals surface area (Å²) in [6, 6.07) is 0.679. The molecule has 0 spiro atoms. The number of carbonyl (C=O) groups excluding carboxylic acids is 1. The van der Waals surface area contributed by atoms with E-state index in [4.69, 9.17) is 15.6 Å². The van der Waals surface area contributed by atoms with Crippen LogP contribution in [0, 0.1) is 0 Å². The van der Waals surface area contributed by atoms with Gasteiger partial charge in [-0.05, 0) is 45.6 Å². The van der Waals surface area contributed by atoms with Gasteiger partial charge in [0.2, 0.25) is 0 Å². The second-order valence-corrected chi connectivity index (χ2v) is 18.8. The molecule has 0 fully saturated rings. The average molecular weight is 835 g/mol. The number of nitrogens with two attached hydrogens (primary N) is 1. The van der Waals surface area contributed by atoms with Gasteiger partial charge in [0.1, 0.15) is 0 Å². The third kappa shape index (κ3) is 49.4. The number of aliphatic carboxylic acids is 1. The van der Waals surface area contributed by atoms with Crippen molar-refractivity contribution in [3.05, 3.63) is 0 Å². The van der Waals surface area contributed by atoms with E-state index in [-0.39, 0.29) is 12.0 Å². The highest BCUT2D eigenvalue weighted by Gasteiger charge is 2.12. The maximum Gasteiger partial charge on any atom is 0.305 e. The Morgan fingerprint density at radius 2 is 0.746 bits per heavy atom. The number of hydrogen-bond donors (Lipinski definition) is 3. The highest BCUT2D eigenvalue weighted by molar-refractivity contribution is 5.69. The Bertz CT molecular complexity index is 836. The Kier molecular flexibility index (Phi) is 48.6. The molecular weight excluding hydrogens is 729 g/mol. The number of hydrogen-bond acceptors (Lipinski definition) is 5. The number of nitrogens with one attached hydrogen (secondary N) is 1. The molecule has 0 heterocycles. The lowest BCUT2D eigenvalue weighted by atomic mass is 10.0. The predicted molar refractivity (Wildman–Crippen MR) is 257 cm³/mol. The Hall–Kier alpha value is -1.14.